The van der Waals surface area contributed by atoms with Gasteiger partial charge in [-0.15, -0.1) is 3.77 Å². The summed E-state index contributed by atoms with van der Waals surface area (Å²) in [5, 5.41) is 0.433. The van der Waals surface area contributed by atoms with Crippen molar-refractivity contribution in [1.29, 1.82) is 0 Å². The lowest BCUT2D eigenvalue weighted by Gasteiger charge is -1.99. The molecule has 0 saturated heterocycles. The maximum absolute atomic E-state index is 11.6. The summed E-state index contributed by atoms with van der Waals surface area (Å²) in [5.74, 6) is 0. The number of sulfonamides is 1. The van der Waals surface area contributed by atoms with E-state index >= 15 is 0 Å². The zero-order chi connectivity index (χ0) is 11.7. The molecule has 0 radical (unpaired) electrons. The first-order valence-corrected chi connectivity index (χ1v) is 8.05. The molecule has 4 nitrogen and oxygen atoms in total. The summed E-state index contributed by atoms with van der Waals surface area (Å²) >= 11 is 5.61. The van der Waals surface area contributed by atoms with E-state index in [0.717, 1.165) is 0 Å². The second kappa shape index (κ2) is 4.11. The third kappa shape index (κ3) is 3.81. The molecule has 0 unspecified atom stereocenters. The molecular formula is C8H10ClNO3S2. The minimum absolute atomic E-state index is 0.0108. The highest BCUT2D eigenvalue weighted by Crippen LogP contribution is 2.16. The Morgan fingerprint density at radius 2 is 1.53 bits per heavy atom. The number of hydrogen-bond acceptors (Lipinski definition) is 3. The molecule has 0 bridgehead atoms. The largest absolute Gasteiger partial charge is 0.290 e. The molecule has 0 saturated carbocycles. The molecule has 0 spiro atoms. The van der Waals surface area contributed by atoms with Gasteiger partial charge in [-0.3, -0.25) is 0 Å². The van der Waals surface area contributed by atoms with Crippen molar-refractivity contribution in [3.8, 4) is 0 Å². The minimum Gasteiger partial charge on any atom is -0.249 e. The first kappa shape index (κ1) is 12.5. The molecule has 7 heteroatoms. The van der Waals surface area contributed by atoms with E-state index in [0.29, 0.717) is 5.02 Å². The van der Waals surface area contributed by atoms with Gasteiger partial charge in [0.15, 0.2) is 0 Å². The molecule has 84 valence electrons. The fraction of sp³-hybridized carbons (Fsp3) is 0.250. The van der Waals surface area contributed by atoms with Crippen molar-refractivity contribution >= 4 is 31.4 Å². The third-order valence-corrected chi connectivity index (χ3v) is 4.73. The molecule has 0 fully saturated rings. The van der Waals surface area contributed by atoms with Gasteiger partial charge < -0.3 is 0 Å². The molecule has 0 aliphatic rings. The second-order valence-electron chi connectivity index (χ2n) is 3.18. The van der Waals surface area contributed by atoms with E-state index in [9.17, 15) is 12.6 Å². The van der Waals surface area contributed by atoms with Gasteiger partial charge in [-0.05, 0) is 24.3 Å². The second-order valence-corrected chi connectivity index (χ2v) is 8.00. The fourth-order valence-corrected chi connectivity index (χ4v) is 3.73. The van der Waals surface area contributed by atoms with E-state index in [1.807, 2.05) is 0 Å². The van der Waals surface area contributed by atoms with Crippen molar-refractivity contribution in [1.82, 2.24) is 0 Å². The van der Waals surface area contributed by atoms with Gasteiger partial charge in [-0.25, -0.2) is 4.21 Å². The summed E-state index contributed by atoms with van der Waals surface area (Å²) in [6.45, 7) is 0. The average Bonchev–Trinajstić information content (AvgIpc) is 2.00. The van der Waals surface area contributed by atoms with Crippen LogP contribution in [0.25, 0.3) is 0 Å². The highest BCUT2D eigenvalue weighted by molar-refractivity contribution is 8.02. The van der Waals surface area contributed by atoms with Gasteiger partial charge in [-0.1, -0.05) is 11.6 Å². The third-order valence-electron chi connectivity index (χ3n) is 1.39. The van der Waals surface area contributed by atoms with Crippen LogP contribution in [0.3, 0.4) is 0 Å². The number of benzene rings is 1. The van der Waals surface area contributed by atoms with Gasteiger partial charge in [-0.2, -0.15) is 8.42 Å². The summed E-state index contributed by atoms with van der Waals surface area (Å²) in [4.78, 5) is -0.0108. The smallest absolute Gasteiger partial charge is 0.249 e. The molecule has 0 amide bonds. The van der Waals surface area contributed by atoms with Crippen molar-refractivity contribution in [2.45, 2.75) is 4.90 Å². The summed E-state index contributed by atoms with van der Waals surface area (Å²) in [5.41, 5.74) is 0. The van der Waals surface area contributed by atoms with Crippen molar-refractivity contribution in [3.63, 3.8) is 0 Å². The van der Waals surface area contributed by atoms with Crippen molar-refractivity contribution < 1.29 is 12.6 Å². The van der Waals surface area contributed by atoms with Crippen molar-refractivity contribution in [2.75, 3.05) is 12.5 Å². The van der Waals surface area contributed by atoms with Gasteiger partial charge in [0.05, 0.1) is 14.6 Å². The van der Waals surface area contributed by atoms with E-state index in [2.05, 4.69) is 3.77 Å². The van der Waals surface area contributed by atoms with E-state index < -0.39 is 19.8 Å². The zero-order valence-electron chi connectivity index (χ0n) is 8.18. The molecular weight excluding hydrogens is 258 g/mol. The molecule has 15 heavy (non-hydrogen) atoms. The summed E-state index contributed by atoms with van der Waals surface area (Å²) in [6, 6.07) is 5.53. The molecule has 0 aromatic heterocycles. The first-order valence-electron chi connectivity index (χ1n) is 3.90. The molecule has 0 N–H and O–H groups in total. The Morgan fingerprint density at radius 3 is 1.93 bits per heavy atom. The highest BCUT2D eigenvalue weighted by atomic mass is 35.5. The van der Waals surface area contributed by atoms with Gasteiger partial charge in [0.25, 0.3) is 10.0 Å². The quantitative estimate of drug-likeness (QED) is 0.820. The topological polar surface area (TPSA) is 63.6 Å². The summed E-state index contributed by atoms with van der Waals surface area (Å²) in [6.07, 6.45) is 2.53. The molecule has 0 aliphatic carbocycles. The van der Waals surface area contributed by atoms with Crippen LogP contribution in [0.2, 0.25) is 5.02 Å². The van der Waals surface area contributed by atoms with E-state index in [-0.39, 0.29) is 4.90 Å². The predicted molar refractivity (Wildman–Crippen MR) is 61.1 cm³/mol. The highest BCUT2D eigenvalue weighted by Gasteiger charge is 2.13. The number of rotatable bonds is 2. The van der Waals surface area contributed by atoms with E-state index in [4.69, 9.17) is 11.6 Å². The Bertz CT molecular complexity index is 560. The summed E-state index contributed by atoms with van der Waals surface area (Å²) < 4.78 is 37.7. The Hall–Kier alpha value is -0.590. The van der Waals surface area contributed by atoms with Gasteiger partial charge in [0.1, 0.15) is 0 Å². The van der Waals surface area contributed by atoms with E-state index in [1.165, 1.54) is 36.8 Å². The van der Waals surface area contributed by atoms with Crippen LogP contribution in [0.4, 0.5) is 0 Å². The normalized spacial score (nSPS) is 12.5. The molecule has 0 heterocycles. The number of halogens is 1. The lowest BCUT2D eigenvalue weighted by atomic mass is 10.4. The van der Waals surface area contributed by atoms with Crippen LogP contribution in [0.1, 0.15) is 0 Å². The summed E-state index contributed by atoms with van der Waals surface area (Å²) in [7, 11) is -6.53. The molecule has 1 aromatic rings. The van der Waals surface area contributed by atoms with Crippen molar-refractivity contribution in [3.05, 3.63) is 29.3 Å². The maximum Gasteiger partial charge on any atom is 0.290 e. The van der Waals surface area contributed by atoms with E-state index in [1.54, 1.807) is 0 Å². The first-order chi connectivity index (χ1) is 6.71. The predicted octanol–water partition coefficient (Wildman–Crippen LogP) is 1.76. The zero-order valence-corrected chi connectivity index (χ0v) is 10.6. The Labute approximate surface area is 94.5 Å². The van der Waals surface area contributed by atoms with Crippen LogP contribution in [0, 0.1) is 0 Å². The number of nitrogens with zero attached hydrogens (tertiary/aromatic N) is 1. The van der Waals surface area contributed by atoms with Crippen LogP contribution < -0.4 is 0 Å². The average molecular weight is 268 g/mol. The van der Waals surface area contributed by atoms with Crippen LogP contribution in [-0.4, -0.2) is 25.1 Å². The van der Waals surface area contributed by atoms with Gasteiger partial charge in [0, 0.05) is 17.5 Å². The molecule has 0 atom stereocenters. The lowest BCUT2D eigenvalue weighted by molar-refractivity contribution is 0.598. The van der Waals surface area contributed by atoms with Crippen LogP contribution in [-0.2, 0) is 19.8 Å². The van der Waals surface area contributed by atoms with Crippen molar-refractivity contribution in [2.24, 2.45) is 3.77 Å². The van der Waals surface area contributed by atoms with Gasteiger partial charge >= 0.3 is 0 Å². The molecule has 1 rings (SSSR count). The Morgan fingerprint density at radius 1 is 1.07 bits per heavy atom. The molecule has 1 aromatic carbocycles. The minimum atomic E-state index is -3.84. The maximum atomic E-state index is 11.6. The SMILES string of the molecule is CS(C)(=O)=NS(=O)(=O)c1ccc(Cl)cc1. The Kier molecular flexibility index (Phi) is 3.42. The monoisotopic (exact) mass is 267 g/mol. The molecule has 0 aliphatic heterocycles. The Balaban J connectivity index is 3.31. The van der Waals surface area contributed by atoms with Crippen LogP contribution in [0.15, 0.2) is 32.9 Å². The lowest BCUT2D eigenvalue weighted by Crippen LogP contribution is -2.01. The van der Waals surface area contributed by atoms with Gasteiger partial charge in [0.2, 0.25) is 0 Å². The standard InChI is InChI=1S/C8H10ClNO3S2/c1-14(2,11)10-15(12,13)8-5-3-7(9)4-6-8/h3-6H,1-2H3. The van der Waals surface area contributed by atoms with Crippen LogP contribution >= 0.6 is 11.6 Å². The fourth-order valence-electron chi connectivity index (χ4n) is 0.886. The number of hydrogen-bond donors (Lipinski definition) is 0. The van der Waals surface area contributed by atoms with Crippen LogP contribution in [0.5, 0.6) is 0 Å².